The zero-order valence-electron chi connectivity index (χ0n) is 22.3. The molecule has 6 rings (SSSR count). The Labute approximate surface area is 247 Å². The van der Waals surface area contributed by atoms with Crippen molar-refractivity contribution in [3.8, 4) is 11.6 Å². The van der Waals surface area contributed by atoms with Gasteiger partial charge in [-0.2, -0.15) is 0 Å². The van der Waals surface area contributed by atoms with Crippen molar-refractivity contribution in [1.82, 2.24) is 19.4 Å². The molecule has 2 aromatic heterocycles. The predicted octanol–water partition coefficient (Wildman–Crippen LogP) is 5.85. The monoisotopic (exact) mass is 596 g/mol. The molecule has 1 atom stereocenters. The molecule has 0 aliphatic carbocycles. The van der Waals surface area contributed by atoms with E-state index in [4.69, 9.17) is 42.4 Å². The van der Waals surface area contributed by atoms with Gasteiger partial charge in [0, 0.05) is 30.8 Å². The van der Waals surface area contributed by atoms with Crippen molar-refractivity contribution in [2.45, 2.75) is 51.2 Å². The standard InChI is InChI=1S/C30H30Cl2N4O5/c31-20-5-7-27(24(32)15-20)40-18-21-2-1-3-29(33-21)41-22-8-11-35(12-9-22)17-28-34-25-6-4-19(30(37)38)14-26(25)36(28)16-23-10-13-39-23/h1-7,14-15,22-23H,8-13,16-18H2,(H,37,38). The summed E-state index contributed by atoms with van der Waals surface area (Å²) in [6, 6.07) is 15.9. The first kappa shape index (κ1) is 27.8. The molecule has 2 saturated heterocycles. The number of aromatic nitrogens is 3. The quantitative estimate of drug-likeness (QED) is 0.243. The van der Waals surface area contributed by atoms with Crippen molar-refractivity contribution in [1.29, 1.82) is 0 Å². The number of piperidine rings is 1. The Kier molecular flexibility index (Phi) is 8.30. The van der Waals surface area contributed by atoms with Crippen LogP contribution in [-0.4, -0.2) is 62.4 Å². The van der Waals surface area contributed by atoms with Gasteiger partial charge in [-0.1, -0.05) is 29.3 Å². The van der Waals surface area contributed by atoms with Gasteiger partial charge in [-0.15, -0.1) is 0 Å². The Morgan fingerprint density at radius 1 is 1.05 bits per heavy atom. The molecule has 214 valence electrons. The van der Waals surface area contributed by atoms with Crippen molar-refractivity contribution in [3.63, 3.8) is 0 Å². The highest BCUT2D eigenvalue weighted by molar-refractivity contribution is 6.35. The Balaban J connectivity index is 1.06. The summed E-state index contributed by atoms with van der Waals surface area (Å²) in [7, 11) is 0. The minimum atomic E-state index is -0.943. The fourth-order valence-corrected chi connectivity index (χ4v) is 5.63. The highest BCUT2D eigenvalue weighted by Crippen LogP contribution is 2.29. The maximum absolute atomic E-state index is 11.6. The van der Waals surface area contributed by atoms with E-state index in [1.54, 1.807) is 36.4 Å². The molecule has 9 nitrogen and oxygen atoms in total. The third-order valence-corrected chi connectivity index (χ3v) is 8.02. The second-order valence-electron chi connectivity index (χ2n) is 10.4. The number of nitrogens with zero attached hydrogens (tertiary/aromatic N) is 4. The number of carboxylic acids is 1. The molecule has 4 heterocycles. The number of hydrogen-bond donors (Lipinski definition) is 1. The topological polar surface area (TPSA) is 98.9 Å². The molecule has 11 heteroatoms. The summed E-state index contributed by atoms with van der Waals surface area (Å²) < 4.78 is 19.9. The molecule has 41 heavy (non-hydrogen) atoms. The molecule has 1 unspecified atom stereocenters. The van der Waals surface area contributed by atoms with Crippen LogP contribution in [-0.2, 0) is 24.4 Å². The van der Waals surface area contributed by atoms with Gasteiger partial charge in [-0.3, -0.25) is 4.90 Å². The lowest BCUT2D eigenvalue weighted by atomic mass is 10.1. The number of carbonyl (C=O) groups is 1. The van der Waals surface area contributed by atoms with E-state index in [0.717, 1.165) is 61.5 Å². The van der Waals surface area contributed by atoms with Gasteiger partial charge < -0.3 is 23.9 Å². The van der Waals surface area contributed by atoms with Gasteiger partial charge in [0.1, 0.15) is 24.3 Å². The average molecular weight is 597 g/mol. The number of hydrogen-bond acceptors (Lipinski definition) is 7. The SMILES string of the molecule is O=C(O)c1ccc2nc(CN3CCC(Oc4cccc(COc5ccc(Cl)cc5Cl)n4)CC3)n(CC3CCO3)c2c1. The van der Waals surface area contributed by atoms with Crippen LogP contribution in [0.15, 0.2) is 54.6 Å². The summed E-state index contributed by atoms with van der Waals surface area (Å²) in [5.74, 6) is 1.10. The molecule has 0 amide bonds. The van der Waals surface area contributed by atoms with E-state index in [0.29, 0.717) is 34.8 Å². The van der Waals surface area contributed by atoms with E-state index in [1.807, 2.05) is 18.2 Å². The van der Waals surface area contributed by atoms with Crippen molar-refractivity contribution in [3.05, 3.63) is 81.7 Å². The van der Waals surface area contributed by atoms with Gasteiger partial charge in [-0.05, 0) is 61.7 Å². The number of pyridine rings is 1. The maximum Gasteiger partial charge on any atom is 0.335 e. The number of ether oxygens (including phenoxy) is 3. The first-order valence-corrected chi connectivity index (χ1v) is 14.4. The zero-order valence-corrected chi connectivity index (χ0v) is 23.9. The lowest BCUT2D eigenvalue weighted by molar-refractivity contribution is -0.0592. The predicted molar refractivity (Wildman–Crippen MR) is 155 cm³/mol. The van der Waals surface area contributed by atoms with Crippen molar-refractivity contribution in [2.75, 3.05) is 19.7 Å². The number of fused-ring (bicyclic) bond motifs is 1. The lowest BCUT2D eigenvalue weighted by Crippen LogP contribution is -2.39. The average Bonchev–Trinajstić information content (AvgIpc) is 3.27. The van der Waals surface area contributed by atoms with Crippen molar-refractivity contribution in [2.24, 2.45) is 0 Å². The van der Waals surface area contributed by atoms with Crippen LogP contribution in [0.1, 0.15) is 41.1 Å². The van der Waals surface area contributed by atoms with Crippen molar-refractivity contribution < 1.29 is 24.1 Å². The maximum atomic E-state index is 11.6. The lowest BCUT2D eigenvalue weighted by Gasteiger charge is -2.32. The van der Waals surface area contributed by atoms with Crippen LogP contribution in [0.5, 0.6) is 11.6 Å². The van der Waals surface area contributed by atoms with E-state index >= 15 is 0 Å². The fraction of sp³-hybridized carbons (Fsp3) is 0.367. The van der Waals surface area contributed by atoms with Gasteiger partial charge in [0.2, 0.25) is 5.88 Å². The second-order valence-corrected chi connectivity index (χ2v) is 11.2. The van der Waals surface area contributed by atoms with E-state index in [-0.39, 0.29) is 24.4 Å². The van der Waals surface area contributed by atoms with E-state index in [2.05, 4.69) is 14.5 Å². The largest absolute Gasteiger partial charge is 0.486 e. The third-order valence-electron chi connectivity index (χ3n) is 7.49. The summed E-state index contributed by atoms with van der Waals surface area (Å²) in [5, 5.41) is 10.5. The zero-order chi connectivity index (χ0) is 28.3. The van der Waals surface area contributed by atoms with Crippen LogP contribution < -0.4 is 9.47 Å². The highest BCUT2D eigenvalue weighted by Gasteiger charge is 2.26. The summed E-state index contributed by atoms with van der Waals surface area (Å²) in [6.07, 6.45) is 2.91. The van der Waals surface area contributed by atoms with E-state index < -0.39 is 5.97 Å². The molecular formula is C30H30Cl2N4O5. The molecular weight excluding hydrogens is 567 g/mol. The molecule has 2 aliphatic rings. The summed E-state index contributed by atoms with van der Waals surface area (Å²) in [5.41, 5.74) is 2.64. The summed E-state index contributed by atoms with van der Waals surface area (Å²) in [6.45, 7) is 4.08. The minimum absolute atomic E-state index is 0.0564. The van der Waals surface area contributed by atoms with Gasteiger partial charge in [0.25, 0.3) is 0 Å². The number of imidazole rings is 1. The first-order valence-electron chi connectivity index (χ1n) is 13.7. The van der Waals surface area contributed by atoms with Crippen LogP contribution in [0.3, 0.4) is 0 Å². The number of benzene rings is 2. The fourth-order valence-electron chi connectivity index (χ4n) is 5.17. The molecule has 0 radical (unpaired) electrons. The molecule has 2 fully saturated rings. The van der Waals surface area contributed by atoms with Gasteiger partial charge in [0.05, 0.1) is 46.5 Å². The smallest absolute Gasteiger partial charge is 0.335 e. The third kappa shape index (κ3) is 6.59. The molecule has 0 bridgehead atoms. The summed E-state index contributed by atoms with van der Waals surface area (Å²) >= 11 is 12.2. The molecule has 2 aromatic carbocycles. The van der Waals surface area contributed by atoms with Crippen LogP contribution in [0.4, 0.5) is 0 Å². The normalized spacial score (nSPS) is 17.9. The Bertz CT molecular complexity index is 1550. The summed E-state index contributed by atoms with van der Waals surface area (Å²) in [4.78, 5) is 23.4. The molecule has 4 aromatic rings. The van der Waals surface area contributed by atoms with Crippen molar-refractivity contribution >= 4 is 40.2 Å². The highest BCUT2D eigenvalue weighted by atomic mass is 35.5. The Hall–Kier alpha value is -3.37. The van der Waals surface area contributed by atoms with E-state index in [9.17, 15) is 9.90 Å². The molecule has 2 aliphatic heterocycles. The van der Waals surface area contributed by atoms with Crippen LogP contribution in [0, 0.1) is 0 Å². The molecule has 0 saturated carbocycles. The van der Waals surface area contributed by atoms with Gasteiger partial charge in [0.15, 0.2) is 0 Å². The number of halogens is 2. The van der Waals surface area contributed by atoms with Crippen LogP contribution in [0.2, 0.25) is 10.0 Å². The first-order chi connectivity index (χ1) is 19.9. The van der Waals surface area contributed by atoms with E-state index in [1.165, 1.54) is 0 Å². The Morgan fingerprint density at radius 2 is 1.88 bits per heavy atom. The minimum Gasteiger partial charge on any atom is -0.486 e. The van der Waals surface area contributed by atoms with Crippen LogP contribution in [0.25, 0.3) is 11.0 Å². The Morgan fingerprint density at radius 3 is 2.61 bits per heavy atom. The van der Waals surface area contributed by atoms with Gasteiger partial charge >= 0.3 is 5.97 Å². The molecule has 0 spiro atoms. The number of carboxylic acid groups (broad SMARTS) is 1. The van der Waals surface area contributed by atoms with Crippen LogP contribution >= 0.6 is 23.2 Å². The second kappa shape index (κ2) is 12.2. The number of likely N-dealkylation sites (tertiary alicyclic amines) is 1. The molecule has 1 N–H and O–H groups in total. The number of rotatable bonds is 10. The van der Waals surface area contributed by atoms with Gasteiger partial charge in [-0.25, -0.2) is 14.8 Å². The number of aromatic carboxylic acids is 1.